The van der Waals surface area contributed by atoms with Gasteiger partial charge in [0.15, 0.2) is 8.68 Å². The molecule has 1 aromatic carbocycles. The molecule has 19 heavy (non-hydrogen) atoms. The summed E-state index contributed by atoms with van der Waals surface area (Å²) in [6, 6.07) is 9.95. The van der Waals surface area contributed by atoms with Gasteiger partial charge in [0.1, 0.15) is 0 Å². The molecule has 0 radical (unpaired) electrons. The van der Waals surface area contributed by atoms with Crippen LogP contribution in [0.1, 0.15) is 12.0 Å². The highest BCUT2D eigenvalue weighted by Gasteiger charge is 2.16. The molecule has 1 N–H and O–H groups in total. The fourth-order valence-electron chi connectivity index (χ4n) is 1.58. The van der Waals surface area contributed by atoms with Crippen LogP contribution in [0.2, 0.25) is 4.47 Å². The second kappa shape index (κ2) is 6.47. The zero-order valence-corrected chi connectivity index (χ0v) is 12.4. The van der Waals surface area contributed by atoms with E-state index in [4.69, 9.17) is 11.6 Å². The number of hydrogen-bond donors (Lipinski definition) is 1. The van der Waals surface area contributed by atoms with Crippen LogP contribution in [0.25, 0.3) is 0 Å². The molecule has 102 valence electrons. The van der Waals surface area contributed by atoms with Crippen molar-refractivity contribution in [1.82, 2.24) is 9.71 Å². The molecule has 2 aromatic rings. The molecule has 4 nitrogen and oxygen atoms in total. The largest absolute Gasteiger partial charge is 0.251 e. The standard InChI is InChI=1S/C12H13ClN2O2S2/c13-12-14-9-11(18-12)19(16,17)15-8-4-7-10-5-2-1-3-6-10/h1-3,5-6,9,15H,4,7-8H2. The second-order valence-corrected chi connectivity index (χ2v) is 7.53. The number of aromatic nitrogens is 1. The minimum atomic E-state index is -3.47. The quantitative estimate of drug-likeness (QED) is 0.834. The van der Waals surface area contributed by atoms with Crippen LogP contribution in [0.3, 0.4) is 0 Å². The Kier molecular flexibility index (Phi) is 4.93. The lowest BCUT2D eigenvalue weighted by Crippen LogP contribution is -2.24. The molecule has 0 fully saturated rings. The van der Waals surface area contributed by atoms with Gasteiger partial charge in [0, 0.05) is 6.54 Å². The predicted octanol–water partition coefficient (Wildman–Crippen LogP) is 2.71. The van der Waals surface area contributed by atoms with Gasteiger partial charge in [-0.3, -0.25) is 0 Å². The molecule has 0 spiro atoms. The fraction of sp³-hybridized carbons (Fsp3) is 0.250. The summed E-state index contributed by atoms with van der Waals surface area (Å²) in [6.45, 7) is 0.396. The van der Waals surface area contributed by atoms with E-state index in [9.17, 15) is 8.42 Å². The van der Waals surface area contributed by atoms with Crippen LogP contribution in [0.15, 0.2) is 40.7 Å². The van der Waals surface area contributed by atoms with Crippen molar-refractivity contribution >= 4 is 33.0 Å². The van der Waals surface area contributed by atoms with Gasteiger partial charge in [-0.15, -0.1) is 0 Å². The summed E-state index contributed by atoms with van der Waals surface area (Å²) < 4.78 is 26.6. The molecule has 0 bridgehead atoms. The lowest BCUT2D eigenvalue weighted by atomic mass is 10.1. The molecule has 7 heteroatoms. The van der Waals surface area contributed by atoms with Gasteiger partial charge >= 0.3 is 0 Å². The highest BCUT2D eigenvalue weighted by molar-refractivity contribution is 7.91. The summed E-state index contributed by atoms with van der Waals surface area (Å²) in [5, 5.41) is 0. The summed E-state index contributed by atoms with van der Waals surface area (Å²) >= 11 is 6.58. The Morgan fingerprint density at radius 2 is 2.00 bits per heavy atom. The number of nitrogens with one attached hydrogen (secondary N) is 1. The third-order valence-electron chi connectivity index (χ3n) is 2.50. The van der Waals surface area contributed by atoms with Crippen LogP contribution >= 0.6 is 22.9 Å². The number of rotatable bonds is 6. The Morgan fingerprint density at radius 1 is 1.26 bits per heavy atom. The summed E-state index contributed by atoms with van der Waals surface area (Å²) in [4.78, 5) is 3.72. The summed E-state index contributed by atoms with van der Waals surface area (Å²) in [6.07, 6.45) is 2.86. The van der Waals surface area contributed by atoms with Gasteiger partial charge in [0.2, 0.25) is 0 Å². The van der Waals surface area contributed by atoms with E-state index in [1.165, 1.54) is 11.8 Å². The maximum Gasteiger partial charge on any atom is 0.251 e. The number of sulfonamides is 1. The molecule has 1 heterocycles. The highest BCUT2D eigenvalue weighted by atomic mass is 35.5. The van der Waals surface area contributed by atoms with Gasteiger partial charge in [-0.2, -0.15) is 0 Å². The van der Waals surface area contributed by atoms with E-state index in [-0.39, 0.29) is 8.68 Å². The fourth-order valence-corrected chi connectivity index (χ4v) is 3.99. The third kappa shape index (κ3) is 4.28. The minimum Gasteiger partial charge on any atom is -0.232 e. The molecule has 0 amide bonds. The number of benzene rings is 1. The van der Waals surface area contributed by atoms with E-state index < -0.39 is 10.0 Å². The summed E-state index contributed by atoms with van der Waals surface area (Å²) in [5.41, 5.74) is 1.20. The Morgan fingerprint density at radius 3 is 2.63 bits per heavy atom. The molecule has 0 aliphatic heterocycles. The summed E-state index contributed by atoms with van der Waals surface area (Å²) in [7, 11) is -3.47. The van der Waals surface area contributed by atoms with Crippen molar-refractivity contribution in [2.75, 3.05) is 6.54 Å². The number of halogens is 1. The van der Waals surface area contributed by atoms with Crippen LogP contribution in [0.5, 0.6) is 0 Å². The molecular formula is C12H13ClN2O2S2. The molecular weight excluding hydrogens is 304 g/mol. The van der Waals surface area contributed by atoms with E-state index in [1.807, 2.05) is 30.3 Å². The van der Waals surface area contributed by atoms with Crippen molar-refractivity contribution in [2.24, 2.45) is 0 Å². The molecule has 0 saturated carbocycles. The Hall–Kier alpha value is -0.950. The molecule has 2 rings (SSSR count). The van der Waals surface area contributed by atoms with Crippen LogP contribution in [-0.2, 0) is 16.4 Å². The SMILES string of the molecule is O=S(=O)(NCCCc1ccccc1)c1cnc(Cl)s1. The van der Waals surface area contributed by atoms with Gasteiger partial charge in [0.25, 0.3) is 10.0 Å². The molecule has 0 atom stereocenters. The number of nitrogens with zero attached hydrogens (tertiary/aromatic N) is 1. The van der Waals surface area contributed by atoms with E-state index in [2.05, 4.69) is 9.71 Å². The second-order valence-electron chi connectivity index (χ2n) is 3.92. The van der Waals surface area contributed by atoms with Crippen LogP contribution < -0.4 is 4.72 Å². The minimum absolute atomic E-state index is 0.150. The Balaban J connectivity index is 1.83. The molecule has 1 aromatic heterocycles. The predicted molar refractivity (Wildman–Crippen MR) is 77.1 cm³/mol. The van der Waals surface area contributed by atoms with Gasteiger partial charge in [-0.1, -0.05) is 53.3 Å². The van der Waals surface area contributed by atoms with Crippen molar-refractivity contribution in [2.45, 2.75) is 17.1 Å². The van der Waals surface area contributed by atoms with Crippen LogP contribution in [0.4, 0.5) is 0 Å². The average Bonchev–Trinajstić information content (AvgIpc) is 2.84. The van der Waals surface area contributed by atoms with Gasteiger partial charge in [-0.05, 0) is 18.4 Å². The maximum atomic E-state index is 11.9. The third-order valence-corrected chi connectivity index (χ3v) is 5.54. The van der Waals surface area contributed by atoms with Crippen molar-refractivity contribution in [3.05, 3.63) is 46.6 Å². The first kappa shape index (κ1) is 14.5. The number of thiazole rings is 1. The smallest absolute Gasteiger partial charge is 0.232 e. The van der Waals surface area contributed by atoms with Crippen molar-refractivity contribution in [3.8, 4) is 0 Å². The Labute approximate surface area is 121 Å². The zero-order valence-electron chi connectivity index (χ0n) is 10.0. The first-order valence-corrected chi connectivity index (χ1v) is 8.40. The van der Waals surface area contributed by atoms with Crippen LogP contribution in [-0.4, -0.2) is 19.9 Å². The van der Waals surface area contributed by atoms with Gasteiger partial charge in [-0.25, -0.2) is 18.1 Å². The highest BCUT2D eigenvalue weighted by Crippen LogP contribution is 2.21. The van der Waals surface area contributed by atoms with Crippen molar-refractivity contribution in [1.29, 1.82) is 0 Å². The van der Waals surface area contributed by atoms with Crippen LogP contribution in [0, 0.1) is 0 Å². The monoisotopic (exact) mass is 316 g/mol. The first-order valence-electron chi connectivity index (χ1n) is 5.73. The number of hydrogen-bond acceptors (Lipinski definition) is 4. The lowest BCUT2D eigenvalue weighted by Gasteiger charge is -2.04. The molecule has 0 unspecified atom stereocenters. The summed E-state index contributed by atoms with van der Waals surface area (Å²) in [5.74, 6) is 0. The average molecular weight is 317 g/mol. The van der Waals surface area contributed by atoms with E-state index in [1.54, 1.807) is 0 Å². The lowest BCUT2D eigenvalue weighted by molar-refractivity contribution is 0.581. The molecule has 0 aliphatic rings. The zero-order chi connectivity index (χ0) is 13.7. The van der Waals surface area contributed by atoms with E-state index >= 15 is 0 Å². The maximum absolute atomic E-state index is 11.9. The van der Waals surface area contributed by atoms with Crippen molar-refractivity contribution in [3.63, 3.8) is 0 Å². The topological polar surface area (TPSA) is 59.1 Å². The van der Waals surface area contributed by atoms with E-state index in [0.29, 0.717) is 6.54 Å². The number of aryl methyl sites for hydroxylation is 1. The van der Waals surface area contributed by atoms with Gasteiger partial charge in [0.05, 0.1) is 6.20 Å². The Bertz CT molecular complexity index is 626. The molecule has 0 saturated heterocycles. The molecule has 0 aliphatic carbocycles. The normalized spacial score (nSPS) is 11.6. The first-order chi connectivity index (χ1) is 9.08. The van der Waals surface area contributed by atoms with E-state index in [0.717, 1.165) is 24.2 Å². The van der Waals surface area contributed by atoms with Gasteiger partial charge < -0.3 is 0 Å². The van der Waals surface area contributed by atoms with Crippen molar-refractivity contribution < 1.29 is 8.42 Å².